The number of nitrogens with zero attached hydrogens (tertiary/aromatic N) is 3. The lowest BCUT2D eigenvalue weighted by atomic mass is 10.6. The average molecular weight is 157 g/mol. The lowest BCUT2D eigenvalue weighted by molar-refractivity contribution is 0.587. The second-order valence-electron chi connectivity index (χ2n) is 1.83. The van der Waals surface area contributed by atoms with Crippen LogP contribution in [0.25, 0.3) is 0 Å². The van der Waals surface area contributed by atoms with E-state index >= 15 is 0 Å². The van der Waals surface area contributed by atoms with E-state index in [0.29, 0.717) is 5.16 Å². The van der Waals surface area contributed by atoms with Crippen molar-refractivity contribution in [2.24, 2.45) is 0 Å². The summed E-state index contributed by atoms with van der Waals surface area (Å²) in [6.07, 6.45) is 3.05. The SMILES string of the molecule is Cc1cnnc([S+](C)[O-])n1. The predicted octanol–water partition coefficient (Wildman–Crippen LogP) is -0.0826. The Kier molecular flexibility index (Phi) is 2.18. The minimum atomic E-state index is -1.12. The minimum Gasteiger partial charge on any atom is -0.609 e. The molecule has 0 spiro atoms. The lowest BCUT2D eigenvalue weighted by Crippen LogP contribution is -2.05. The molecule has 1 unspecified atom stereocenters. The number of aromatic nitrogens is 3. The highest BCUT2D eigenvalue weighted by atomic mass is 32.2. The second-order valence-corrected chi connectivity index (χ2v) is 3.11. The maximum absolute atomic E-state index is 10.7. The van der Waals surface area contributed by atoms with Crippen LogP contribution in [-0.2, 0) is 11.2 Å². The largest absolute Gasteiger partial charge is 0.609 e. The molecule has 0 N–H and O–H groups in total. The molecule has 0 radical (unpaired) electrons. The number of aryl methyl sites for hydroxylation is 1. The van der Waals surface area contributed by atoms with Gasteiger partial charge >= 0.3 is 5.16 Å². The maximum Gasteiger partial charge on any atom is 0.361 e. The first-order chi connectivity index (χ1) is 4.70. The van der Waals surface area contributed by atoms with Gasteiger partial charge in [0.2, 0.25) is 0 Å². The van der Waals surface area contributed by atoms with Crippen LogP contribution in [-0.4, -0.2) is 26.0 Å². The van der Waals surface area contributed by atoms with Crippen molar-refractivity contribution in [1.29, 1.82) is 0 Å². The van der Waals surface area contributed by atoms with Crippen LogP contribution in [0.5, 0.6) is 0 Å². The van der Waals surface area contributed by atoms with Crippen LogP contribution >= 0.6 is 0 Å². The lowest BCUT2D eigenvalue weighted by Gasteiger charge is -1.99. The van der Waals surface area contributed by atoms with Gasteiger partial charge in [-0.25, -0.2) is 0 Å². The zero-order valence-electron chi connectivity index (χ0n) is 5.74. The van der Waals surface area contributed by atoms with E-state index in [4.69, 9.17) is 0 Å². The Balaban J connectivity index is 2.96. The van der Waals surface area contributed by atoms with Crippen LogP contribution in [0.4, 0.5) is 0 Å². The Morgan fingerprint density at radius 2 is 2.30 bits per heavy atom. The van der Waals surface area contributed by atoms with E-state index in [2.05, 4.69) is 15.2 Å². The predicted molar refractivity (Wildman–Crippen MR) is 36.9 cm³/mol. The number of hydrogen-bond donors (Lipinski definition) is 0. The topological polar surface area (TPSA) is 61.7 Å². The van der Waals surface area contributed by atoms with Gasteiger partial charge in [0.15, 0.2) is 0 Å². The molecule has 0 aliphatic carbocycles. The number of hydrogen-bond acceptors (Lipinski definition) is 4. The molecule has 0 bridgehead atoms. The summed E-state index contributed by atoms with van der Waals surface area (Å²) in [7, 11) is 0. The molecule has 4 nitrogen and oxygen atoms in total. The molecule has 0 saturated carbocycles. The molecule has 54 valence electrons. The van der Waals surface area contributed by atoms with E-state index in [0.717, 1.165) is 5.69 Å². The monoisotopic (exact) mass is 157 g/mol. The van der Waals surface area contributed by atoms with Crippen molar-refractivity contribution >= 4 is 11.2 Å². The third-order valence-electron chi connectivity index (χ3n) is 0.917. The fourth-order valence-electron chi connectivity index (χ4n) is 0.486. The Hall–Kier alpha value is -0.680. The average Bonchev–Trinajstić information content (AvgIpc) is 1.88. The van der Waals surface area contributed by atoms with E-state index in [9.17, 15) is 4.55 Å². The molecule has 0 aromatic carbocycles. The van der Waals surface area contributed by atoms with Gasteiger partial charge in [-0.3, -0.25) is 0 Å². The van der Waals surface area contributed by atoms with Crippen molar-refractivity contribution in [2.45, 2.75) is 12.1 Å². The molecule has 1 heterocycles. The second kappa shape index (κ2) is 2.94. The highest BCUT2D eigenvalue weighted by Crippen LogP contribution is 1.98. The molecule has 1 aromatic heterocycles. The van der Waals surface area contributed by atoms with Crippen LogP contribution in [0.2, 0.25) is 0 Å². The highest BCUT2D eigenvalue weighted by molar-refractivity contribution is 7.90. The summed E-state index contributed by atoms with van der Waals surface area (Å²) in [6.45, 7) is 1.78. The van der Waals surface area contributed by atoms with Gasteiger partial charge in [0.1, 0.15) is 6.26 Å². The standard InChI is InChI=1S/C5H7N3OS/c1-4-3-6-8-5(7-4)10(2)9/h3H,1-2H3. The van der Waals surface area contributed by atoms with E-state index in [1.54, 1.807) is 6.92 Å². The molecule has 1 atom stereocenters. The summed E-state index contributed by atoms with van der Waals surface area (Å²) in [5.41, 5.74) is 0.736. The van der Waals surface area contributed by atoms with Gasteiger partial charge in [-0.15, -0.1) is 0 Å². The van der Waals surface area contributed by atoms with Gasteiger partial charge in [-0.1, -0.05) is 5.10 Å². The van der Waals surface area contributed by atoms with Crippen LogP contribution in [0, 0.1) is 6.92 Å². The fourth-order valence-corrected chi connectivity index (χ4v) is 0.920. The van der Waals surface area contributed by atoms with Gasteiger partial charge < -0.3 is 4.55 Å². The molecular formula is C5H7N3OS. The smallest absolute Gasteiger partial charge is 0.361 e. The van der Waals surface area contributed by atoms with Gasteiger partial charge in [-0.05, 0) is 6.92 Å². The van der Waals surface area contributed by atoms with Crippen molar-refractivity contribution < 1.29 is 4.55 Å². The first-order valence-corrected chi connectivity index (χ1v) is 4.25. The van der Waals surface area contributed by atoms with E-state index < -0.39 is 11.2 Å². The van der Waals surface area contributed by atoms with Crippen molar-refractivity contribution in [3.05, 3.63) is 11.9 Å². The normalized spacial score (nSPS) is 13.1. The molecule has 1 aromatic rings. The Labute approximate surface area is 61.9 Å². The Morgan fingerprint density at radius 3 is 2.70 bits per heavy atom. The van der Waals surface area contributed by atoms with Crippen LogP contribution in [0.1, 0.15) is 5.69 Å². The zero-order valence-corrected chi connectivity index (χ0v) is 6.55. The molecule has 0 saturated heterocycles. The van der Waals surface area contributed by atoms with Crippen LogP contribution in [0.3, 0.4) is 0 Å². The minimum absolute atomic E-state index is 0.292. The molecule has 0 fully saturated rings. The zero-order chi connectivity index (χ0) is 7.56. The third kappa shape index (κ3) is 1.65. The summed E-state index contributed by atoms with van der Waals surface area (Å²) >= 11 is -1.12. The van der Waals surface area contributed by atoms with Gasteiger partial charge in [0.05, 0.1) is 11.9 Å². The quantitative estimate of drug-likeness (QED) is 0.535. The molecular weight excluding hydrogens is 150 g/mol. The molecule has 5 heteroatoms. The molecule has 0 aliphatic rings. The Morgan fingerprint density at radius 1 is 1.60 bits per heavy atom. The van der Waals surface area contributed by atoms with Crippen molar-refractivity contribution in [1.82, 2.24) is 15.2 Å². The van der Waals surface area contributed by atoms with Gasteiger partial charge in [0.25, 0.3) is 0 Å². The summed E-state index contributed by atoms with van der Waals surface area (Å²) < 4.78 is 10.7. The van der Waals surface area contributed by atoms with E-state index in [1.165, 1.54) is 12.5 Å². The highest BCUT2D eigenvalue weighted by Gasteiger charge is 2.07. The van der Waals surface area contributed by atoms with Crippen molar-refractivity contribution in [3.8, 4) is 0 Å². The summed E-state index contributed by atoms with van der Waals surface area (Å²) in [6, 6.07) is 0. The van der Waals surface area contributed by atoms with Crippen LogP contribution in [0.15, 0.2) is 11.4 Å². The summed E-state index contributed by atoms with van der Waals surface area (Å²) in [5, 5.41) is 7.47. The van der Waals surface area contributed by atoms with Gasteiger partial charge in [-0.2, -0.15) is 10.1 Å². The van der Waals surface area contributed by atoms with Crippen molar-refractivity contribution in [2.75, 3.05) is 6.26 Å². The maximum atomic E-state index is 10.7. The molecule has 1 rings (SSSR count). The van der Waals surface area contributed by atoms with Gasteiger partial charge in [0, 0.05) is 11.2 Å². The first kappa shape index (κ1) is 7.43. The van der Waals surface area contributed by atoms with Crippen molar-refractivity contribution in [3.63, 3.8) is 0 Å². The fraction of sp³-hybridized carbons (Fsp3) is 0.400. The molecule has 0 amide bonds. The number of rotatable bonds is 1. The molecule has 0 aliphatic heterocycles. The summed E-state index contributed by atoms with van der Waals surface area (Å²) in [5.74, 6) is 0. The Bertz CT molecular complexity index is 228. The van der Waals surface area contributed by atoms with E-state index in [1.807, 2.05) is 0 Å². The van der Waals surface area contributed by atoms with Crippen LogP contribution < -0.4 is 0 Å². The first-order valence-electron chi connectivity index (χ1n) is 2.70. The van der Waals surface area contributed by atoms with E-state index in [-0.39, 0.29) is 0 Å². The molecule has 10 heavy (non-hydrogen) atoms. The summed E-state index contributed by atoms with van der Waals surface area (Å²) in [4.78, 5) is 3.90. The third-order valence-corrected chi connectivity index (χ3v) is 1.60.